The molecule has 0 N–H and O–H groups in total. The fraction of sp³-hybridized carbons (Fsp3) is 0.391. The van der Waals surface area contributed by atoms with Crippen molar-refractivity contribution in [3.05, 3.63) is 59.5 Å². The van der Waals surface area contributed by atoms with Crippen molar-refractivity contribution in [1.82, 2.24) is 19.3 Å². The van der Waals surface area contributed by atoms with E-state index in [-0.39, 0.29) is 0 Å². The van der Waals surface area contributed by atoms with Crippen molar-refractivity contribution in [2.24, 2.45) is 0 Å². The lowest BCUT2D eigenvalue weighted by Gasteiger charge is -2.33. The molecule has 1 aromatic heterocycles. The molecular weight excluding hydrogens is 428 g/mol. The van der Waals surface area contributed by atoms with E-state index in [0.717, 1.165) is 16.7 Å². The Balaban J connectivity index is 1.40. The summed E-state index contributed by atoms with van der Waals surface area (Å²) in [5, 5.41) is 4.11. The number of benzene rings is 2. The van der Waals surface area contributed by atoms with Gasteiger partial charge in [-0.25, -0.2) is 8.42 Å². The number of sulfonamides is 1. The summed E-state index contributed by atoms with van der Waals surface area (Å²) in [7, 11) is -3.51. The Bertz CT molecular complexity index is 1180. The van der Waals surface area contributed by atoms with E-state index in [1.807, 2.05) is 57.2 Å². The molecule has 1 aliphatic rings. The molecule has 1 fully saturated rings. The van der Waals surface area contributed by atoms with Crippen molar-refractivity contribution in [2.75, 3.05) is 32.8 Å². The number of aryl methyl sites for hydroxylation is 2. The van der Waals surface area contributed by atoms with Crippen molar-refractivity contribution >= 4 is 10.0 Å². The van der Waals surface area contributed by atoms with Gasteiger partial charge in [0.25, 0.3) is 0 Å². The van der Waals surface area contributed by atoms with Crippen LogP contribution in [0.2, 0.25) is 0 Å². The van der Waals surface area contributed by atoms with Gasteiger partial charge >= 0.3 is 0 Å². The van der Waals surface area contributed by atoms with Gasteiger partial charge in [0.05, 0.1) is 23.6 Å². The number of piperazine rings is 1. The molecule has 4 rings (SSSR count). The van der Waals surface area contributed by atoms with E-state index in [9.17, 15) is 8.42 Å². The highest BCUT2D eigenvalue weighted by Gasteiger charge is 2.30. The zero-order valence-electron chi connectivity index (χ0n) is 18.6. The van der Waals surface area contributed by atoms with Gasteiger partial charge in [0.1, 0.15) is 5.75 Å². The van der Waals surface area contributed by atoms with Crippen LogP contribution >= 0.6 is 0 Å². The molecular formula is C23H28N4O4S. The summed E-state index contributed by atoms with van der Waals surface area (Å²) in [5.74, 6) is 1.70. The van der Waals surface area contributed by atoms with Gasteiger partial charge in [0, 0.05) is 26.2 Å². The van der Waals surface area contributed by atoms with E-state index in [2.05, 4.69) is 15.0 Å². The number of hydrogen-bond donors (Lipinski definition) is 0. The Morgan fingerprint density at radius 3 is 2.53 bits per heavy atom. The first-order chi connectivity index (χ1) is 15.4. The molecule has 32 heavy (non-hydrogen) atoms. The monoisotopic (exact) mass is 456 g/mol. The van der Waals surface area contributed by atoms with E-state index in [1.165, 1.54) is 0 Å². The maximum Gasteiger partial charge on any atom is 0.243 e. The summed E-state index contributed by atoms with van der Waals surface area (Å²) in [6.45, 7) is 8.78. The minimum atomic E-state index is -3.51. The van der Waals surface area contributed by atoms with Crippen LogP contribution in [0.1, 0.15) is 23.9 Å². The quantitative estimate of drug-likeness (QED) is 0.539. The molecule has 0 saturated carbocycles. The number of para-hydroxylation sites is 1. The smallest absolute Gasteiger partial charge is 0.243 e. The third kappa shape index (κ3) is 4.69. The van der Waals surface area contributed by atoms with E-state index in [1.54, 1.807) is 10.4 Å². The van der Waals surface area contributed by atoms with Crippen molar-refractivity contribution < 1.29 is 17.7 Å². The maximum atomic E-state index is 13.1. The molecule has 170 valence electrons. The fourth-order valence-corrected chi connectivity index (χ4v) is 5.54. The van der Waals surface area contributed by atoms with Gasteiger partial charge in [-0.1, -0.05) is 35.0 Å². The molecule has 0 amide bonds. The SMILES string of the molecule is CCOc1ccccc1-c1noc(CN2CCN(S(=O)(=O)c3ccc(C)cc3C)CC2)n1. The number of hydrogen-bond acceptors (Lipinski definition) is 7. The highest BCUT2D eigenvalue weighted by molar-refractivity contribution is 7.89. The Kier molecular flexibility index (Phi) is 6.59. The van der Waals surface area contributed by atoms with E-state index < -0.39 is 10.0 Å². The standard InChI is InChI=1S/C23H28N4O4S/c1-4-30-20-8-6-5-7-19(20)23-24-22(31-25-23)16-26-11-13-27(14-12-26)32(28,29)21-10-9-17(2)15-18(21)3/h5-10,15H,4,11-14,16H2,1-3H3. The number of nitrogens with zero attached hydrogens (tertiary/aromatic N) is 4. The highest BCUT2D eigenvalue weighted by Crippen LogP contribution is 2.28. The predicted molar refractivity (Wildman–Crippen MR) is 121 cm³/mol. The maximum absolute atomic E-state index is 13.1. The van der Waals surface area contributed by atoms with Crippen molar-refractivity contribution in [1.29, 1.82) is 0 Å². The lowest BCUT2D eigenvalue weighted by molar-refractivity contribution is 0.163. The molecule has 0 radical (unpaired) electrons. The van der Waals surface area contributed by atoms with Crippen molar-refractivity contribution in [3.63, 3.8) is 0 Å². The number of aromatic nitrogens is 2. The van der Waals surface area contributed by atoms with Crippen LogP contribution in [0.15, 0.2) is 51.9 Å². The van der Waals surface area contributed by atoms with Crippen LogP contribution in [0.5, 0.6) is 5.75 Å². The van der Waals surface area contributed by atoms with Gasteiger partial charge in [-0.15, -0.1) is 0 Å². The molecule has 3 aromatic rings. The predicted octanol–water partition coefficient (Wildman–Crippen LogP) is 3.26. The first kappa shape index (κ1) is 22.4. The third-order valence-electron chi connectivity index (χ3n) is 5.53. The van der Waals surface area contributed by atoms with Crippen LogP contribution in [0.3, 0.4) is 0 Å². The van der Waals surface area contributed by atoms with E-state index >= 15 is 0 Å². The Hall–Kier alpha value is -2.75. The normalized spacial score (nSPS) is 15.7. The molecule has 0 atom stereocenters. The average Bonchev–Trinajstić information content (AvgIpc) is 3.23. The van der Waals surface area contributed by atoms with Crippen LogP contribution in [0.4, 0.5) is 0 Å². The molecule has 2 aromatic carbocycles. The first-order valence-electron chi connectivity index (χ1n) is 10.7. The zero-order chi connectivity index (χ0) is 22.7. The second-order valence-electron chi connectivity index (χ2n) is 7.89. The van der Waals surface area contributed by atoms with Gasteiger partial charge in [-0.2, -0.15) is 9.29 Å². The van der Waals surface area contributed by atoms with Crippen molar-refractivity contribution in [3.8, 4) is 17.1 Å². The van der Waals surface area contributed by atoms with Crippen molar-refractivity contribution in [2.45, 2.75) is 32.2 Å². The second-order valence-corrected chi connectivity index (χ2v) is 9.80. The van der Waals surface area contributed by atoms with Crippen LogP contribution in [0.25, 0.3) is 11.4 Å². The van der Waals surface area contributed by atoms with Crippen LogP contribution in [-0.2, 0) is 16.6 Å². The Morgan fingerprint density at radius 1 is 1.06 bits per heavy atom. The summed E-state index contributed by atoms with van der Waals surface area (Å²) in [4.78, 5) is 7.03. The molecule has 8 nitrogen and oxygen atoms in total. The minimum absolute atomic E-state index is 0.381. The zero-order valence-corrected chi connectivity index (χ0v) is 19.4. The van der Waals surface area contributed by atoms with Crippen LogP contribution in [0, 0.1) is 13.8 Å². The lowest BCUT2D eigenvalue weighted by atomic mass is 10.2. The second kappa shape index (κ2) is 9.40. The van der Waals surface area contributed by atoms with Crippen LogP contribution in [-0.4, -0.2) is 60.5 Å². The summed E-state index contributed by atoms with van der Waals surface area (Å²) in [6.07, 6.45) is 0. The van der Waals surface area contributed by atoms with Gasteiger partial charge in [-0.05, 0) is 44.5 Å². The van der Waals surface area contributed by atoms with Gasteiger partial charge in [0.15, 0.2) is 0 Å². The third-order valence-corrected chi connectivity index (χ3v) is 7.59. The van der Waals surface area contributed by atoms with E-state index in [4.69, 9.17) is 9.26 Å². The molecule has 0 bridgehead atoms. The van der Waals surface area contributed by atoms with E-state index in [0.29, 0.717) is 61.7 Å². The van der Waals surface area contributed by atoms with Gasteiger partial charge in [-0.3, -0.25) is 4.90 Å². The molecule has 0 spiro atoms. The topological polar surface area (TPSA) is 88.8 Å². The minimum Gasteiger partial charge on any atom is -0.493 e. The summed E-state index contributed by atoms with van der Waals surface area (Å²) >= 11 is 0. The van der Waals surface area contributed by atoms with Crippen LogP contribution < -0.4 is 4.74 Å². The molecule has 2 heterocycles. The largest absolute Gasteiger partial charge is 0.493 e. The first-order valence-corrected chi connectivity index (χ1v) is 12.2. The number of ether oxygens (including phenoxy) is 1. The summed E-state index contributed by atoms with van der Waals surface area (Å²) < 4.78 is 38.8. The molecule has 0 aliphatic carbocycles. The molecule has 9 heteroatoms. The lowest BCUT2D eigenvalue weighted by Crippen LogP contribution is -2.48. The Labute approximate surface area is 188 Å². The summed E-state index contributed by atoms with van der Waals surface area (Å²) in [6, 6.07) is 13.0. The Morgan fingerprint density at radius 2 is 1.81 bits per heavy atom. The molecule has 1 saturated heterocycles. The number of rotatable bonds is 7. The molecule has 1 aliphatic heterocycles. The average molecular weight is 457 g/mol. The highest BCUT2D eigenvalue weighted by atomic mass is 32.2. The summed E-state index contributed by atoms with van der Waals surface area (Å²) in [5.41, 5.74) is 2.61. The van der Waals surface area contributed by atoms with Gasteiger partial charge in [0.2, 0.25) is 21.7 Å². The molecule has 0 unspecified atom stereocenters. The fourth-order valence-electron chi connectivity index (χ4n) is 3.91. The van der Waals surface area contributed by atoms with Gasteiger partial charge < -0.3 is 9.26 Å².